The summed E-state index contributed by atoms with van der Waals surface area (Å²) in [6.45, 7) is 4.41. The number of ether oxygens (including phenoxy) is 2. The SMILES string of the molecule is Cc1ccc([C@@H]2OCCC[C@@H]2C(=O)OCc2nc(C)no2)cc1. The molecule has 1 aliphatic heterocycles. The maximum absolute atomic E-state index is 12.4. The zero-order chi connectivity index (χ0) is 16.2. The molecule has 0 unspecified atom stereocenters. The van der Waals surface area contributed by atoms with Gasteiger partial charge in [-0.05, 0) is 32.3 Å². The second-order valence-electron chi connectivity index (χ2n) is 5.79. The first-order valence-corrected chi connectivity index (χ1v) is 7.77. The number of aromatic nitrogens is 2. The number of hydrogen-bond acceptors (Lipinski definition) is 6. The third-order valence-corrected chi connectivity index (χ3v) is 3.94. The van der Waals surface area contributed by atoms with Crippen LogP contribution in [0.4, 0.5) is 0 Å². The molecule has 0 N–H and O–H groups in total. The third kappa shape index (κ3) is 3.76. The third-order valence-electron chi connectivity index (χ3n) is 3.94. The Morgan fingerprint density at radius 3 is 2.78 bits per heavy atom. The van der Waals surface area contributed by atoms with Crippen LogP contribution in [0.2, 0.25) is 0 Å². The molecule has 2 aromatic rings. The molecule has 0 saturated carbocycles. The van der Waals surface area contributed by atoms with Crippen molar-refractivity contribution in [1.82, 2.24) is 10.1 Å². The number of carbonyl (C=O) groups is 1. The van der Waals surface area contributed by atoms with Gasteiger partial charge in [0, 0.05) is 6.61 Å². The molecule has 2 atom stereocenters. The summed E-state index contributed by atoms with van der Waals surface area (Å²) in [5.41, 5.74) is 2.18. The standard InChI is InChI=1S/C17H20N2O4/c1-11-5-7-13(8-6-11)16-14(4-3-9-21-16)17(20)22-10-15-18-12(2)19-23-15/h5-8,14,16H,3-4,9-10H2,1-2H3/t14-,16-/m0/s1. The maximum Gasteiger partial charge on any atom is 0.312 e. The fraction of sp³-hybridized carbons (Fsp3) is 0.471. The van der Waals surface area contributed by atoms with Crippen molar-refractivity contribution in [1.29, 1.82) is 0 Å². The minimum atomic E-state index is -0.310. The van der Waals surface area contributed by atoms with Crippen LogP contribution in [0.5, 0.6) is 0 Å². The Labute approximate surface area is 134 Å². The summed E-state index contributed by atoms with van der Waals surface area (Å²) < 4.78 is 16.1. The lowest BCUT2D eigenvalue weighted by atomic mass is 9.89. The van der Waals surface area contributed by atoms with Crippen LogP contribution in [0.25, 0.3) is 0 Å². The minimum absolute atomic E-state index is 0.00318. The molecule has 0 radical (unpaired) electrons. The first kappa shape index (κ1) is 15.7. The van der Waals surface area contributed by atoms with Crippen LogP contribution in [-0.2, 0) is 20.9 Å². The van der Waals surface area contributed by atoms with Crippen molar-refractivity contribution in [3.8, 4) is 0 Å². The monoisotopic (exact) mass is 316 g/mol. The molecule has 6 heteroatoms. The maximum atomic E-state index is 12.4. The average molecular weight is 316 g/mol. The van der Waals surface area contributed by atoms with Crippen molar-refractivity contribution < 1.29 is 18.8 Å². The molecule has 0 amide bonds. The van der Waals surface area contributed by atoms with Gasteiger partial charge in [0.2, 0.25) is 0 Å². The number of rotatable bonds is 4. The van der Waals surface area contributed by atoms with Gasteiger partial charge in [-0.15, -0.1) is 0 Å². The number of nitrogens with zero attached hydrogens (tertiary/aromatic N) is 2. The lowest BCUT2D eigenvalue weighted by Gasteiger charge is -2.30. The van der Waals surface area contributed by atoms with E-state index in [9.17, 15) is 4.79 Å². The largest absolute Gasteiger partial charge is 0.455 e. The number of esters is 1. The van der Waals surface area contributed by atoms with Gasteiger partial charge in [0.15, 0.2) is 12.4 Å². The van der Waals surface area contributed by atoms with Crippen LogP contribution in [-0.4, -0.2) is 22.7 Å². The fourth-order valence-corrected chi connectivity index (χ4v) is 2.75. The van der Waals surface area contributed by atoms with Crippen LogP contribution in [0.15, 0.2) is 28.8 Å². The molecular weight excluding hydrogens is 296 g/mol. The predicted octanol–water partition coefficient (Wildman–Crippen LogP) is 2.90. The second kappa shape index (κ2) is 6.91. The molecule has 0 bridgehead atoms. The highest BCUT2D eigenvalue weighted by molar-refractivity contribution is 5.73. The zero-order valence-electron chi connectivity index (χ0n) is 13.3. The Bertz CT molecular complexity index is 665. The van der Waals surface area contributed by atoms with E-state index in [-0.39, 0.29) is 24.6 Å². The first-order valence-electron chi connectivity index (χ1n) is 7.77. The molecule has 23 heavy (non-hydrogen) atoms. The summed E-state index contributed by atoms with van der Waals surface area (Å²) in [7, 11) is 0. The molecule has 0 aliphatic carbocycles. The minimum Gasteiger partial charge on any atom is -0.455 e. The molecule has 6 nitrogen and oxygen atoms in total. The molecular formula is C17H20N2O4. The van der Waals surface area contributed by atoms with Crippen LogP contribution in [0.3, 0.4) is 0 Å². The zero-order valence-corrected chi connectivity index (χ0v) is 13.3. The second-order valence-corrected chi connectivity index (χ2v) is 5.79. The van der Waals surface area contributed by atoms with E-state index in [0.29, 0.717) is 18.3 Å². The molecule has 2 heterocycles. The molecule has 1 fully saturated rings. The van der Waals surface area contributed by atoms with Crippen LogP contribution in [0.1, 0.15) is 41.8 Å². The molecule has 1 aliphatic rings. The van der Waals surface area contributed by atoms with Gasteiger partial charge >= 0.3 is 5.97 Å². The van der Waals surface area contributed by atoms with E-state index >= 15 is 0 Å². The van der Waals surface area contributed by atoms with Crippen LogP contribution in [0, 0.1) is 19.8 Å². The summed E-state index contributed by atoms with van der Waals surface area (Å²) in [5, 5.41) is 3.68. The normalized spacial score (nSPS) is 21.1. The molecule has 3 rings (SSSR count). The predicted molar refractivity (Wildman–Crippen MR) is 81.4 cm³/mol. The van der Waals surface area contributed by atoms with E-state index in [0.717, 1.165) is 18.4 Å². The smallest absolute Gasteiger partial charge is 0.312 e. The van der Waals surface area contributed by atoms with Gasteiger partial charge in [-0.1, -0.05) is 35.0 Å². The van der Waals surface area contributed by atoms with Crippen LogP contribution >= 0.6 is 0 Å². The van der Waals surface area contributed by atoms with Gasteiger partial charge in [-0.3, -0.25) is 4.79 Å². The van der Waals surface area contributed by atoms with Crippen molar-refractivity contribution in [2.75, 3.05) is 6.61 Å². The van der Waals surface area contributed by atoms with Crippen molar-refractivity contribution in [2.45, 2.75) is 39.4 Å². The fourth-order valence-electron chi connectivity index (χ4n) is 2.75. The van der Waals surface area contributed by atoms with E-state index in [2.05, 4.69) is 10.1 Å². The van der Waals surface area contributed by atoms with Gasteiger partial charge in [-0.2, -0.15) is 4.98 Å². The summed E-state index contributed by atoms with van der Waals surface area (Å²) in [4.78, 5) is 16.5. The Morgan fingerprint density at radius 2 is 2.09 bits per heavy atom. The van der Waals surface area contributed by atoms with Gasteiger partial charge < -0.3 is 14.0 Å². The first-order chi connectivity index (χ1) is 11.1. The van der Waals surface area contributed by atoms with E-state index in [1.165, 1.54) is 5.56 Å². The molecule has 1 aromatic carbocycles. The quantitative estimate of drug-likeness (QED) is 0.807. The number of carbonyl (C=O) groups excluding carboxylic acids is 1. The van der Waals surface area contributed by atoms with E-state index in [1.807, 2.05) is 31.2 Å². The summed E-state index contributed by atoms with van der Waals surface area (Å²) in [6, 6.07) is 8.06. The molecule has 1 aromatic heterocycles. The topological polar surface area (TPSA) is 74.5 Å². The molecule has 0 spiro atoms. The highest BCUT2D eigenvalue weighted by Gasteiger charge is 2.34. The van der Waals surface area contributed by atoms with E-state index in [1.54, 1.807) is 6.92 Å². The van der Waals surface area contributed by atoms with Gasteiger partial charge in [0.1, 0.15) is 0 Å². The van der Waals surface area contributed by atoms with Gasteiger partial charge in [0.05, 0.1) is 12.0 Å². The summed E-state index contributed by atoms with van der Waals surface area (Å²) in [5.74, 6) is 0.232. The molecule has 1 saturated heterocycles. The van der Waals surface area contributed by atoms with Crippen LogP contribution < -0.4 is 0 Å². The van der Waals surface area contributed by atoms with Gasteiger partial charge in [0.25, 0.3) is 5.89 Å². The lowest BCUT2D eigenvalue weighted by molar-refractivity contribution is -0.160. The summed E-state index contributed by atoms with van der Waals surface area (Å²) in [6.07, 6.45) is 1.34. The Morgan fingerprint density at radius 1 is 1.30 bits per heavy atom. The van der Waals surface area contributed by atoms with Gasteiger partial charge in [-0.25, -0.2) is 0 Å². The van der Waals surface area contributed by atoms with E-state index in [4.69, 9.17) is 14.0 Å². The Kier molecular flexibility index (Phi) is 4.71. The van der Waals surface area contributed by atoms with E-state index < -0.39 is 0 Å². The molecule has 122 valence electrons. The van der Waals surface area contributed by atoms with Crippen molar-refractivity contribution in [3.63, 3.8) is 0 Å². The Balaban J connectivity index is 1.67. The van der Waals surface area contributed by atoms with Crippen molar-refractivity contribution >= 4 is 5.97 Å². The number of benzene rings is 1. The summed E-state index contributed by atoms with van der Waals surface area (Å²) >= 11 is 0. The number of hydrogen-bond donors (Lipinski definition) is 0. The van der Waals surface area contributed by atoms with Crippen molar-refractivity contribution in [2.24, 2.45) is 5.92 Å². The highest BCUT2D eigenvalue weighted by Crippen LogP contribution is 2.34. The lowest BCUT2D eigenvalue weighted by Crippen LogP contribution is -2.30. The average Bonchev–Trinajstić information content (AvgIpc) is 2.99. The van der Waals surface area contributed by atoms with Crippen molar-refractivity contribution in [3.05, 3.63) is 47.1 Å². The number of aryl methyl sites for hydroxylation is 2. The highest BCUT2D eigenvalue weighted by atomic mass is 16.6. The Hall–Kier alpha value is -2.21.